The Bertz CT molecular complexity index is 386. The van der Waals surface area contributed by atoms with Crippen LogP contribution in [0.1, 0.15) is 27.7 Å². The van der Waals surface area contributed by atoms with E-state index in [1.54, 1.807) is 27.7 Å². The smallest absolute Gasteiger partial charge is 0.235 e. The van der Waals surface area contributed by atoms with Crippen molar-refractivity contribution < 1.29 is 18.0 Å². The first-order chi connectivity index (χ1) is 7.66. The molecule has 0 aromatic heterocycles. The first kappa shape index (κ1) is 14.4. The van der Waals surface area contributed by atoms with Crippen LogP contribution >= 0.6 is 0 Å². The molecule has 1 fully saturated rings. The van der Waals surface area contributed by atoms with E-state index in [0.717, 1.165) is 4.47 Å². The summed E-state index contributed by atoms with van der Waals surface area (Å²) in [4.78, 5) is 16.8. The van der Waals surface area contributed by atoms with Gasteiger partial charge in [0.1, 0.15) is 0 Å². The van der Waals surface area contributed by atoms with Gasteiger partial charge in [-0.1, -0.05) is 25.2 Å². The molecule has 0 saturated carbocycles. The van der Waals surface area contributed by atoms with Gasteiger partial charge in [0.2, 0.25) is 15.9 Å². The molecule has 0 aromatic carbocycles. The molecule has 1 N–H and O–H groups in total. The molecule has 1 aliphatic heterocycles. The van der Waals surface area contributed by atoms with E-state index in [1.807, 2.05) is 0 Å². The first-order valence-corrected chi connectivity index (χ1v) is 7.22. The molecule has 1 aliphatic rings. The third-order valence-corrected chi connectivity index (χ3v) is 4.09. The number of carbonyl (C=O) groups is 1. The predicted octanol–water partition coefficient (Wildman–Crippen LogP) is 0.114. The summed E-state index contributed by atoms with van der Waals surface area (Å²) in [5, 5.41) is 2.77. The van der Waals surface area contributed by atoms with Crippen molar-refractivity contribution in [3.05, 3.63) is 0 Å². The van der Waals surface area contributed by atoms with Crippen molar-refractivity contribution in [1.29, 1.82) is 0 Å². The van der Waals surface area contributed by atoms with Crippen molar-refractivity contribution in [1.82, 2.24) is 9.79 Å². The quantitative estimate of drug-likeness (QED) is 0.785. The van der Waals surface area contributed by atoms with Gasteiger partial charge in [-0.3, -0.25) is 9.63 Å². The zero-order valence-electron chi connectivity index (χ0n) is 10.7. The Labute approximate surface area is 102 Å². The number of sulfonamides is 1. The lowest BCUT2D eigenvalue weighted by atomic mass is 9.95. The van der Waals surface area contributed by atoms with Crippen molar-refractivity contribution in [3.63, 3.8) is 0 Å². The molecule has 7 heteroatoms. The highest BCUT2D eigenvalue weighted by Gasteiger charge is 2.34. The molecule has 1 amide bonds. The minimum atomic E-state index is -3.34. The van der Waals surface area contributed by atoms with Gasteiger partial charge in [0.05, 0.1) is 24.9 Å². The number of hydrogen-bond acceptors (Lipinski definition) is 4. The minimum absolute atomic E-state index is 0.00701. The molecule has 1 saturated heterocycles. The Hall–Kier alpha value is -0.660. The summed E-state index contributed by atoms with van der Waals surface area (Å²) in [5.41, 5.74) is -0.489. The van der Waals surface area contributed by atoms with Crippen molar-refractivity contribution >= 4 is 15.9 Å². The van der Waals surface area contributed by atoms with Crippen molar-refractivity contribution in [2.24, 2.45) is 5.41 Å². The second-order valence-electron chi connectivity index (χ2n) is 5.10. The number of carbonyl (C=O) groups excluding carboxylic acids is 1. The summed E-state index contributed by atoms with van der Waals surface area (Å²) in [6, 6.07) is -0.275. The Morgan fingerprint density at radius 1 is 1.47 bits per heavy atom. The maximum absolute atomic E-state index is 11.7. The van der Waals surface area contributed by atoms with Crippen molar-refractivity contribution in [2.45, 2.75) is 33.7 Å². The highest BCUT2D eigenvalue weighted by atomic mass is 32.2. The van der Waals surface area contributed by atoms with E-state index >= 15 is 0 Å². The van der Waals surface area contributed by atoms with Crippen molar-refractivity contribution in [3.8, 4) is 0 Å². The summed E-state index contributed by atoms with van der Waals surface area (Å²) in [6.07, 6.45) is 0. The van der Waals surface area contributed by atoms with E-state index < -0.39 is 15.4 Å². The molecule has 0 aromatic rings. The molecular weight excluding hydrogens is 244 g/mol. The van der Waals surface area contributed by atoms with Gasteiger partial charge < -0.3 is 5.32 Å². The molecule has 0 unspecified atom stereocenters. The van der Waals surface area contributed by atoms with Crippen LogP contribution in [0.2, 0.25) is 0 Å². The predicted molar refractivity (Wildman–Crippen MR) is 63.5 cm³/mol. The average molecular weight is 264 g/mol. The van der Waals surface area contributed by atoms with Crippen LogP contribution in [-0.4, -0.2) is 43.7 Å². The number of rotatable bonds is 3. The monoisotopic (exact) mass is 264 g/mol. The number of nitrogens with one attached hydrogen (secondary N) is 1. The molecule has 17 heavy (non-hydrogen) atoms. The van der Waals surface area contributed by atoms with E-state index in [-0.39, 0.29) is 30.9 Å². The fourth-order valence-corrected chi connectivity index (χ4v) is 2.20. The van der Waals surface area contributed by atoms with E-state index in [2.05, 4.69) is 5.32 Å². The van der Waals surface area contributed by atoms with Crippen LogP contribution in [0.5, 0.6) is 0 Å². The molecule has 0 bridgehead atoms. The Morgan fingerprint density at radius 3 is 2.53 bits per heavy atom. The Kier molecular flexibility index (Phi) is 4.16. The van der Waals surface area contributed by atoms with Gasteiger partial charge in [0.15, 0.2) is 0 Å². The maximum atomic E-state index is 11.7. The maximum Gasteiger partial charge on any atom is 0.235 e. The lowest BCUT2D eigenvalue weighted by Gasteiger charge is -2.20. The molecule has 1 rings (SSSR count). The zero-order valence-corrected chi connectivity index (χ0v) is 11.5. The average Bonchev–Trinajstić information content (AvgIpc) is 2.65. The fraction of sp³-hybridized carbons (Fsp3) is 0.900. The molecular formula is C10H20N2O4S. The van der Waals surface area contributed by atoms with Crippen LogP contribution in [0.25, 0.3) is 0 Å². The Morgan fingerprint density at radius 2 is 2.06 bits per heavy atom. The minimum Gasteiger partial charge on any atom is -0.349 e. The summed E-state index contributed by atoms with van der Waals surface area (Å²) in [6.45, 7) is 7.34. The molecule has 0 spiro atoms. The van der Waals surface area contributed by atoms with Crippen LogP contribution in [0.15, 0.2) is 0 Å². The molecule has 1 atom stereocenters. The molecule has 6 nitrogen and oxygen atoms in total. The lowest BCUT2D eigenvalue weighted by Crippen LogP contribution is -2.44. The lowest BCUT2D eigenvalue weighted by molar-refractivity contribution is -0.129. The zero-order chi connectivity index (χ0) is 13.3. The van der Waals surface area contributed by atoms with E-state index in [9.17, 15) is 13.2 Å². The van der Waals surface area contributed by atoms with Gasteiger partial charge >= 0.3 is 0 Å². The summed E-state index contributed by atoms with van der Waals surface area (Å²) < 4.78 is 24.0. The fourth-order valence-electron chi connectivity index (χ4n) is 1.29. The largest absolute Gasteiger partial charge is 0.349 e. The third-order valence-electron chi connectivity index (χ3n) is 2.48. The number of amides is 1. The first-order valence-electron chi connectivity index (χ1n) is 5.61. The van der Waals surface area contributed by atoms with E-state index in [4.69, 9.17) is 4.84 Å². The number of hydrogen-bond donors (Lipinski definition) is 1. The second-order valence-corrected chi connectivity index (χ2v) is 7.25. The van der Waals surface area contributed by atoms with Crippen LogP contribution in [0, 0.1) is 5.41 Å². The molecule has 0 radical (unpaired) electrons. The topological polar surface area (TPSA) is 75.7 Å². The van der Waals surface area contributed by atoms with Gasteiger partial charge in [0, 0.05) is 5.41 Å². The van der Waals surface area contributed by atoms with Gasteiger partial charge in [-0.05, 0) is 6.92 Å². The van der Waals surface area contributed by atoms with Crippen LogP contribution in [-0.2, 0) is 19.7 Å². The van der Waals surface area contributed by atoms with Crippen LogP contribution in [0.4, 0.5) is 0 Å². The van der Waals surface area contributed by atoms with Crippen LogP contribution < -0.4 is 5.32 Å². The third kappa shape index (κ3) is 3.65. The second kappa shape index (κ2) is 4.91. The van der Waals surface area contributed by atoms with Gasteiger partial charge in [-0.15, -0.1) is 0 Å². The number of nitrogens with zero attached hydrogens (tertiary/aromatic N) is 1. The van der Waals surface area contributed by atoms with Crippen molar-refractivity contribution in [2.75, 3.05) is 18.9 Å². The highest BCUT2D eigenvalue weighted by molar-refractivity contribution is 7.88. The van der Waals surface area contributed by atoms with Gasteiger partial charge in [0.25, 0.3) is 0 Å². The molecule has 0 aliphatic carbocycles. The molecule has 1 heterocycles. The van der Waals surface area contributed by atoms with E-state index in [1.165, 1.54) is 0 Å². The summed E-state index contributed by atoms with van der Waals surface area (Å²) >= 11 is 0. The van der Waals surface area contributed by atoms with Gasteiger partial charge in [-0.2, -0.15) is 0 Å². The normalized spacial score (nSPS) is 22.7. The molecule has 100 valence electrons. The standard InChI is InChI=1S/C10H20N2O4S/c1-5-17(14,15)12-6-8(7-16-12)11-9(13)10(2,3)4/h8H,5-7H2,1-4H3,(H,11,13)/t8-/m0/s1. The van der Waals surface area contributed by atoms with E-state index in [0.29, 0.717) is 0 Å². The summed E-state index contributed by atoms with van der Waals surface area (Å²) in [5.74, 6) is -0.116. The van der Waals surface area contributed by atoms with Crippen LogP contribution in [0.3, 0.4) is 0 Å². The van der Waals surface area contributed by atoms with Gasteiger partial charge in [-0.25, -0.2) is 8.42 Å². The summed E-state index contributed by atoms with van der Waals surface area (Å²) in [7, 11) is -3.34. The highest BCUT2D eigenvalue weighted by Crippen LogP contribution is 2.16. The number of hydroxylamine groups is 1. The Balaban J connectivity index is 2.55. The SMILES string of the molecule is CCS(=O)(=O)N1C[C@H](NC(=O)C(C)(C)C)CO1.